The predicted molar refractivity (Wildman–Crippen MR) is 551 cm³/mol. The number of allylic oxidation sites excluding steroid dienone is 6. The third-order valence-electron chi connectivity index (χ3n) is 28.1. The summed E-state index contributed by atoms with van der Waals surface area (Å²) in [6, 6.07) is 47.1. The van der Waals surface area contributed by atoms with Gasteiger partial charge in [-0.2, -0.15) is 13.5 Å². The number of nitrogens with zero attached hydrogens (tertiary/aromatic N) is 6. The lowest BCUT2D eigenvalue weighted by atomic mass is 9.81. The van der Waals surface area contributed by atoms with Gasteiger partial charge in [0.15, 0.2) is 18.5 Å². The molecule has 7 amide bonds. The van der Waals surface area contributed by atoms with Gasteiger partial charge in [-0.15, -0.1) is 35.3 Å². The molecule has 8 atom stereocenters. The van der Waals surface area contributed by atoms with E-state index in [1.54, 1.807) is 54.6 Å². The van der Waals surface area contributed by atoms with E-state index in [0.717, 1.165) is 82.1 Å². The Morgan fingerprint density at radius 2 is 1.40 bits per heavy atom. The van der Waals surface area contributed by atoms with Gasteiger partial charge in [-0.3, -0.25) is 38.5 Å². The molecular formula is C105H114N12O23S6. The molecule has 0 bridgehead atoms. The molecule has 146 heavy (non-hydrogen) atoms. The van der Waals surface area contributed by atoms with Gasteiger partial charge in [0, 0.05) is 177 Å². The first-order chi connectivity index (χ1) is 69.8. The molecular weight excluding hydrogens is 1990 g/mol. The number of hydrogen-bond donors (Lipinski definition) is 11. The van der Waals surface area contributed by atoms with Gasteiger partial charge in [-0.25, -0.2) is 30.0 Å². The molecule has 10 aliphatic rings. The van der Waals surface area contributed by atoms with Crippen molar-refractivity contribution in [3.8, 4) is 22.5 Å². The highest BCUT2D eigenvalue weighted by atomic mass is 32.2. The highest BCUT2D eigenvalue weighted by molar-refractivity contribution is 8.01. The number of nitrogens with one attached hydrogen (secondary N) is 6. The number of β-lactam (4-membered cyclic amide) rings is 1. The molecule has 0 aromatic heterocycles. The van der Waals surface area contributed by atoms with E-state index in [9.17, 15) is 89.8 Å². The highest BCUT2D eigenvalue weighted by Crippen LogP contribution is 2.51. The van der Waals surface area contributed by atoms with Crippen molar-refractivity contribution in [3.63, 3.8) is 0 Å². The lowest BCUT2D eigenvalue weighted by Gasteiger charge is -2.49. The minimum absolute atomic E-state index is 0.0219. The Morgan fingerprint density at radius 3 is 2.15 bits per heavy atom. The van der Waals surface area contributed by atoms with E-state index in [1.165, 1.54) is 63.2 Å². The number of rotatable bonds is 37. The van der Waals surface area contributed by atoms with Crippen molar-refractivity contribution in [1.29, 1.82) is 0 Å². The fourth-order valence-electron chi connectivity index (χ4n) is 20.5. The van der Waals surface area contributed by atoms with Crippen molar-refractivity contribution in [1.82, 2.24) is 40.4 Å². The average Bonchev–Trinajstić information content (AvgIpc) is 0.896. The summed E-state index contributed by atoms with van der Waals surface area (Å²) in [6.45, 7) is 10.9. The molecule has 0 saturated carbocycles. The van der Waals surface area contributed by atoms with Crippen LogP contribution in [0.15, 0.2) is 241 Å². The summed E-state index contributed by atoms with van der Waals surface area (Å²) < 4.78 is 121. The van der Waals surface area contributed by atoms with Crippen LogP contribution in [0.3, 0.4) is 0 Å². The minimum Gasteiger partial charge on any atom is -0.744 e. The number of ether oxygens (including phenoxy) is 1. The second-order valence-corrected chi connectivity index (χ2v) is 46.0. The van der Waals surface area contributed by atoms with Crippen LogP contribution >= 0.6 is 35.3 Å². The Bertz CT molecular complexity index is 7240. The van der Waals surface area contributed by atoms with Crippen molar-refractivity contribution >= 4 is 164 Å². The minimum atomic E-state index is -4.80. The van der Waals surface area contributed by atoms with Crippen LogP contribution in [0.25, 0.3) is 33.4 Å². The number of aliphatic hydroxyl groups is 4. The van der Waals surface area contributed by atoms with Crippen molar-refractivity contribution in [2.45, 2.75) is 177 Å². The normalized spacial score (nSPS) is 21.1. The maximum atomic E-state index is 15.4. The molecule has 3 saturated heterocycles. The molecule has 9 heterocycles. The van der Waals surface area contributed by atoms with Crippen molar-refractivity contribution in [3.05, 3.63) is 245 Å². The summed E-state index contributed by atoms with van der Waals surface area (Å²) in [5, 5.41) is 68.6. The second-order valence-electron chi connectivity index (χ2n) is 38.1. The number of para-hydroxylation sites is 2. The van der Waals surface area contributed by atoms with E-state index >= 15 is 8.42 Å². The van der Waals surface area contributed by atoms with E-state index in [4.69, 9.17) is 9.15 Å². The number of carbonyl (C=O) groups is 8. The fourth-order valence-corrected chi connectivity index (χ4v) is 26.4. The van der Waals surface area contributed by atoms with Crippen LogP contribution < -0.4 is 51.6 Å². The lowest BCUT2D eigenvalue weighted by molar-refractivity contribution is -0.433. The molecule has 0 spiro atoms. The molecule has 7 aromatic carbocycles. The molecule has 1 unspecified atom stereocenters. The Balaban J connectivity index is 0.486. The molecule has 1 aliphatic carbocycles. The van der Waals surface area contributed by atoms with Crippen molar-refractivity contribution < 1.29 is 112 Å². The molecule has 41 heteroatoms. The largest absolute Gasteiger partial charge is 0.744 e. The number of benzene rings is 8. The van der Waals surface area contributed by atoms with E-state index in [0.29, 0.717) is 98.7 Å². The van der Waals surface area contributed by atoms with E-state index in [2.05, 4.69) is 70.2 Å². The highest BCUT2D eigenvalue weighted by Gasteiger charge is 2.55. The number of anilines is 4. The molecule has 9 aliphatic heterocycles. The van der Waals surface area contributed by atoms with Crippen LogP contribution in [0.5, 0.6) is 0 Å². The van der Waals surface area contributed by atoms with Gasteiger partial charge >= 0.3 is 5.97 Å². The van der Waals surface area contributed by atoms with Crippen LogP contribution in [-0.4, -0.2) is 257 Å². The number of piperidine rings is 1. The number of carboxylic acids is 1. The van der Waals surface area contributed by atoms with Gasteiger partial charge in [-0.05, 0) is 167 Å². The zero-order valence-electron chi connectivity index (χ0n) is 80.7. The summed E-state index contributed by atoms with van der Waals surface area (Å²) in [4.78, 5) is 114. The number of unbranched alkanes of at least 4 members (excludes halogenated alkanes) is 2. The molecule has 35 nitrogen and oxygen atoms in total. The second kappa shape index (κ2) is 44.1. The Morgan fingerprint density at radius 1 is 0.685 bits per heavy atom. The van der Waals surface area contributed by atoms with Gasteiger partial charge in [0.2, 0.25) is 62.2 Å². The Labute approximate surface area is 857 Å². The SMILES string of the molecule is CC[N+]1=C(/C=C/C=C/C=C2/N(CCCCCC(=O)NCC(=O)NC3C(=O)N4C(C(=O)O)=C(CSc5ccc(NC(=O)CSC[C@H](NC(=O)C6CCN(S(=O)(=O)c7ccccc7-c7c8ccc(=[N+]9CCc%10ccccc%109)cc-8oc8cc(N9CCc%10ccccc%109)ccc78)CC6)C(=O)NCCCC(=O)N[C@@H]6[C@@H](O)[C@H](O)[C@@H](CO)O[C@H]6O)cc5)CS[C@H]34)c3ccc(S(=O)(=O)[O-])cc3C2(C)C)C(C)(C)c2cc(S(=O)(=O)[O-])ccc21. The zero-order valence-corrected chi connectivity index (χ0v) is 85.6. The van der Waals surface area contributed by atoms with Crippen LogP contribution in [0.4, 0.5) is 34.1 Å². The quantitative estimate of drug-likeness (QED) is 0.00329. The van der Waals surface area contributed by atoms with Crippen molar-refractivity contribution in [2.24, 2.45) is 5.92 Å². The standard InChI is InChI=1S/C105H114N12O23S6/c1-6-113-80-40-36-70(145(133,134)135)54-75(80)104(2,3)86(113)26-9-7-10-27-87-105(4,5)76-55-71(146(136,137)138)37-41-81(76)116(87)47-18-8-11-28-88(119)107-56-90(121)111-94-100(127)117-95(102(128)129)65(59-143-101(94)117)58-142-69-34-30-66(31-35-69)108-91(122)61-141-60-77(99(126)106-46-19-29-89(120)110-93-97(124)96(123)84(57-118)140-103(93)130)109-98(125)64-42-48-112(49-43-64)144(131,132)85-25-17-14-22-74(85)92-72-38-32-67(114-50-44-62-20-12-15-23-78(62)114)52-82(72)139-83-53-68(33-39-73(83)92)115-51-45-63-21-13-16-24-79(63)115/h7,9-10,12-17,20-27,30-41,52-55,64,77,84,93-94,96-97,101,103,118,123-124,130H,6,8,11,18-19,28-29,42-51,56-61H2,1-5H3,(H7-2,106,107,108,109,110,111,119,120,121,122,125,126,128,129,133,134,135,136,137,138)/t77-,84+,93+,94?,96+,97+,101+,103+/m0/s1. The molecule has 17 rings (SSSR count). The molecule has 768 valence electrons. The zero-order chi connectivity index (χ0) is 104. The van der Waals surface area contributed by atoms with Gasteiger partial charge in [0.25, 0.3) is 5.91 Å². The predicted octanol–water partition coefficient (Wildman–Crippen LogP) is 8.83. The van der Waals surface area contributed by atoms with Gasteiger partial charge in [0.1, 0.15) is 85.6 Å². The van der Waals surface area contributed by atoms with Gasteiger partial charge in [-0.1, -0.05) is 93.1 Å². The Hall–Kier alpha value is -12.2. The topological polar surface area (TPSA) is 500 Å². The van der Waals surface area contributed by atoms with Gasteiger partial charge < -0.3 is 85.5 Å². The lowest BCUT2D eigenvalue weighted by Crippen LogP contribution is -2.71. The molecule has 3 fully saturated rings. The number of aliphatic carboxylic acids is 1. The number of hydrogen-bond acceptors (Lipinski definition) is 27. The third-order valence-corrected chi connectivity index (χ3v) is 35.2. The Kier molecular flexibility index (Phi) is 31.7. The number of amides is 7. The first kappa shape index (κ1) is 105. The van der Waals surface area contributed by atoms with E-state index in [-0.39, 0.29) is 95.1 Å². The average molecular weight is 2100 g/mol. The van der Waals surface area contributed by atoms with E-state index in [1.807, 2.05) is 137 Å². The van der Waals surface area contributed by atoms with Crippen LogP contribution in [0.1, 0.15) is 108 Å². The number of fused-ring (bicyclic) bond motifs is 7. The number of carboxylic acid groups (broad SMARTS) is 1. The maximum absolute atomic E-state index is 15.4. The molecule has 11 N–H and O–H groups in total. The summed E-state index contributed by atoms with van der Waals surface area (Å²) >= 11 is 3.59. The summed E-state index contributed by atoms with van der Waals surface area (Å²) in [5.41, 5.74) is 11.7. The van der Waals surface area contributed by atoms with Gasteiger partial charge in [0.05, 0.1) is 45.1 Å². The van der Waals surface area contributed by atoms with E-state index < -0.39 is 156 Å². The number of aliphatic hydroxyl groups excluding tert-OH is 4. The van der Waals surface area contributed by atoms with Crippen LogP contribution in [-0.2, 0) is 97.0 Å². The number of carbonyl (C=O) groups excluding carboxylic acids is 7. The third kappa shape index (κ3) is 22.2. The van der Waals surface area contributed by atoms with Crippen LogP contribution in [0.2, 0.25) is 0 Å². The number of sulfonamides is 1. The molecule has 0 radical (unpaired) electrons. The van der Waals surface area contributed by atoms with Crippen LogP contribution in [0, 0.1) is 5.92 Å². The first-order valence-corrected chi connectivity index (χ1v) is 55.8. The fraction of sp³-hybridized carbons (Fsp3) is 0.371. The number of thioether (sulfide) groups is 3. The summed E-state index contributed by atoms with van der Waals surface area (Å²) in [7, 11) is -13.8. The summed E-state index contributed by atoms with van der Waals surface area (Å²) in [6.07, 6.45) is 6.25. The summed E-state index contributed by atoms with van der Waals surface area (Å²) in [5.74, 6) is -5.62. The monoisotopic (exact) mass is 2100 g/mol. The smallest absolute Gasteiger partial charge is 0.352 e. The molecule has 7 aromatic rings. The first-order valence-electron chi connectivity index (χ1n) is 48.4. The van der Waals surface area contributed by atoms with Crippen molar-refractivity contribution in [2.75, 3.05) is 97.1 Å². The maximum Gasteiger partial charge on any atom is 0.352 e.